The van der Waals surface area contributed by atoms with E-state index in [-0.39, 0.29) is 38.5 Å². The van der Waals surface area contributed by atoms with Crippen LogP contribution in [0.3, 0.4) is 0 Å². The summed E-state index contributed by atoms with van der Waals surface area (Å²) in [7, 11) is 0. The number of para-hydroxylation sites is 1. The van der Waals surface area contributed by atoms with Crippen molar-refractivity contribution in [3.8, 4) is 62.1 Å². The monoisotopic (exact) mass is 976 g/mol. The van der Waals surface area contributed by atoms with Gasteiger partial charge in [-0.2, -0.15) is 0 Å². The van der Waals surface area contributed by atoms with Crippen LogP contribution in [0.4, 0.5) is 0 Å². The predicted octanol–water partition coefficient (Wildman–Crippen LogP) is 17.8. The zero-order chi connectivity index (χ0) is 59.3. The number of hydrogen-bond donors (Lipinski definition) is 0. The molecule has 0 spiro atoms. The molecule has 0 aliphatic carbocycles. The Balaban J connectivity index is 1.18. The second kappa shape index (κ2) is 18.2. The fourth-order valence-corrected chi connectivity index (χ4v) is 10.2. The molecule has 5 heteroatoms. The molecule has 0 saturated heterocycles. The number of aryl methyl sites for hydroxylation is 3. The first-order valence-electron chi connectivity index (χ1n) is 29.8. The van der Waals surface area contributed by atoms with Crippen molar-refractivity contribution in [3.63, 3.8) is 0 Å². The van der Waals surface area contributed by atoms with Crippen molar-refractivity contribution in [1.29, 1.82) is 0 Å². The predicted molar refractivity (Wildman–Crippen MR) is 309 cm³/mol. The summed E-state index contributed by atoms with van der Waals surface area (Å²) >= 11 is 0. The molecule has 0 aliphatic heterocycles. The Hall–Kier alpha value is -8.02. The highest BCUT2D eigenvalue weighted by molar-refractivity contribution is 6.09. The lowest BCUT2D eigenvalue weighted by atomic mass is 9.83. The molecule has 0 aliphatic rings. The summed E-state index contributed by atoms with van der Waals surface area (Å²) in [5.41, 5.74) is 10.4. The van der Waals surface area contributed by atoms with Gasteiger partial charge < -0.3 is 4.74 Å². The van der Waals surface area contributed by atoms with Crippen molar-refractivity contribution >= 4 is 32.8 Å². The van der Waals surface area contributed by atoms with Crippen molar-refractivity contribution in [2.45, 2.75) is 99.1 Å². The minimum absolute atomic E-state index is 0.0909. The number of aromatic nitrogens is 4. The summed E-state index contributed by atoms with van der Waals surface area (Å²) in [6.45, 7) is 11.6. The van der Waals surface area contributed by atoms with Crippen LogP contribution in [0.5, 0.6) is 11.5 Å². The van der Waals surface area contributed by atoms with E-state index in [2.05, 4.69) is 128 Å². The molecular formula is C69H66N4O. The third-order valence-electron chi connectivity index (χ3n) is 14.2. The van der Waals surface area contributed by atoms with Gasteiger partial charge in [-0.25, -0.2) is 4.98 Å². The molecule has 368 valence electrons. The van der Waals surface area contributed by atoms with E-state index in [4.69, 9.17) is 22.1 Å². The zero-order valence-electron chi connectivity index (χ0n) is 52.5. The molecule has 0 N–H and O–H groups in total. The molecule has 74 heavy (non-hydrogen) atoms. The number of ether oxygens (including phenoxy) is 1. The van der Waals surface area contributed by atoms with Gasteiger partial charge in [-0.3, -0.25) is 13.7 Å². The van der Waals surface area contributed by atoms with Crippen LogP contribution in [0.2, 0.25) is 0 Å². The second-order valence-electron chi connectivity index (χ2n) is 22.6. The summed E-state index contributed by atoms with van der Waals surface area (Å²) in [4.78, 5) is 4.88. The van der Waals surface area contributed by atoms with Crippen LogP contribution in [0.1, 0.15) is 108 Å². The summed E-state index contributed by atoms with van der Waals surface area (Å²) in [6, 6.07) is 56.0. The highest BCUT2D eigenvalue weighted by Crippen LogP contribution is 2.41. The number of nitrogens with zero attached hydrogens (tertiary/aromatic N) is 4. The van der Waals surface area contributed by atoms with Gasteiger partial charge in [-0.15, -0.1) is 0 Å². The Kier molecular flexibility index (Phi) is 9.47. The highest BCUT2D eigenvalue weighted by Gasteiger charge is 2.25. The minimum Gasteiger partial charge on any atom is -0.458 e. The standard InChI is InChI=1S/C69H66N4O/c1-44-35-58(47-21-16-23-50(37-47)67(4,5)6)66(59(36-44)48-22-17-24-51(38-48)68(7,8)9)72-43-71(63-39-49(29-32-61(63)72)65-45(2)19-15-20-46(65)3)53-25-18-26-54(41-53)74-55-30-31-57-56-27-13-14-28-60(56)73(62(57)42-55)64-40-52(33-34-70-64)69(10,11)12/h13-42H,1-12H3/i1D3,2D3,3D3. The summed E-state index contributed by atoms with van der Waals surface area (Å²) in [5.74, 6) is 1.89. The molecule has 0 amide bonds. The fraction of sp³-hybridized carbons (Fsp3) is 0.217. The van der Waals surface area contributed by atoms with Crippen LogP contribution in [-0.2, 0) is 16.2 Å². The average Bonchev–Trinajstić information content (AvgIpc) is 3.36. The number of benzene rings is 8. The van der Waals surface area contributed by atoms with E-state index in [1.807, 2.05) is 100 Å². The van der Waals surface area contributed by atoms with Crippen molar-refractivity contribution < 1.29 is 21.6 Å². The van der Waals surface area contributed by atoms with E-state index in [0.29, 0.717) is 50.6 Å². The Morgan fingerprint density at radius 2 is 1.12 bits per heavy atom. The first-order chi connectivity index (χ1) is 38.9. The van der Waals surface area contributed by atoms with Crippen LogP contribution in [0, 0.1) is 26.9 Å². The Morgan fingerprint density at radius 3 is 1.78 bits per heavy atom. The van der Waals surface area contributed by atoms with E-state index in [0.717, 1.165) is 55.4 Å². The van der Waals surface area contributed by atoms with Crippen molar-refractivity contribution in [2.24, 2.45) is 0 Å². The number of fused-ring (bicyclic) bond motifs is 4. The summed E-state index contributed by atoms with van der Waals surface area (Å²) in [5, 5.41) is 2.12. The smallest absolute Gasteiger partial charge is 0.269 e. The van der Waals surface area contributed by atoms with E-state index in [1.54, 1.807) is 18.2 Å². The zero-order valence-corrected chi connectivity index (χ0v) is 43.5. The number of imidazole rings is 1. The highest BCUT2D eigenvalue weighted by atomic mass is 16.5. The Labute approximate surface area is 450 Å². The van der Waals surface area contributed by atoms with Crippen molar-refractivity contribution in [3.05, 3.63) is 222 Å². The maximum absolute atomic E-state index is 8.89. The van der Waals surface area contributed by atoms with Gasteiger partial charge in [0.2, 0.25) is 0 Å². The summed E-state index contributed by atoms with van der Waals surface area (Å²) in [6.07, 6.45) is 5.59. The van der Waals surface area contributed by atoms with Gasteiger partial charge >= 0.3 is 0 Å². The normalized spacial score (nSPS) is 14.6. The van der Waals surface area contributed by atoms with Crippen molar-refractivity contribution in [2.75, 3.05) is 0 Å². The molecule has 0 atom stereocenters. The molecular weight excluding hydrogens is 901 g/mol. The quantitative estimate of drug-likeness (QED) is 0.112. The van der Waals surface area contributed by atoms with Crippen LogP contribution < -0.4 is 9.30 Å². The SMILES string of the molecule is [2H]C([2H])([2H])c1cc(-c2cccc(C(C)(C)C)c2)c(-[n+]2[c-]n(-c3cccc(Oc4ccc5c6ccccc6n(-c6cc(C(C)(C)C)ccn6)c5c4)c3)c3cc(-c4c(C([2H])([2H])[2H])cccc4C([2H])([2H])[2H])ccc32)c(-c2cccc(C(C)(C)C)c2)c1. The topological polar surface area (TPSA) is 35.9 Å². The molecule has 11 rings (SSSR count). The van der Waals surface area contributed by atoms with Crippen LogP contribution >= 0.6 is 0 Å². The van der Waals surface area contributed by atoms with Gasteiger partial charge in [0.1, 0.15) is 17.3 Å². The molecule has 0 saturated carbocycles. The Bertz CT molecular complexity index is 4220. The maximum Gasteiger partial charge on any atom is 0.269 e. The average molecular weight is 976 g/mol. The number of pyridine rings is 1. The molecule has 0 radical (unpaired) electrons. The van der Waals surface area contributed by atoms with E-state index in [1.165, 1.54) is 18.2 Å². The van der Waals surface area contributed by atoms with Gasteiger partial charge in [0.15, 0.2) is 0 Å². The fourth-order valence-electron chi connectivity index (χ4n) is 10.2. The molecule has 0 bridgehead atoms. The van der Waals surface area contributed by atoms with Gasteiger partial charge in [0.05, 0.1) is 33.4 Å². The molecule has 0 unspecified atom stereocenters. The number of rotatable bonds is 8. The van der Waals surface area contributed by atoms with Crippen LogP contribution in [-0.4, -0.2) is 14.1 Å². The molecule has 11 aromatic rings. The molecule has 0 fully saturated rings. The van der Waals surface area contributed by atoms with Gasteiger partial charge in [-0.1, -0.05) is 183 Å². The molecule has 5 nitrogen and oxygen atoms in total. The molecule has 3 aromatic heterocycles. The molecule has 3 heterocycles. The Morgan fingerprint density at radius 1 is 0.500 bits per heavy atom. The number of hydrogen-bond acceptors (Lipinski definition) is 2. The van der Waals surface area contributed by atoms with Gasteiger partial charge in [0.25, 0.3) is 6.33 Å². The maximum atomic E-state index is 8.89. The van der Waals surface area contributed by atoms with Crippen molar-refractivity contribution in [1.82, 2.24) is 14.1 Å². The van der Waals surface area contributed by atoms with Crippen LogP contribution in [0.15, 0.2) is 182 Å². The van der Waals surface area contributed by atoms with Gasteiger partial charge in [-0.05, 0) is 153 Å². The first-order valence-corrected chi connectivity index (χ1v) is 25.3. The lowest BCUT2D eigenvalue weighted by molar-refractivity contribution is -0.571. The van der Waals surface area contributed by atoms with E-state index < -0.39 is 20.6 Å². The van der Waals surface area contributed by atoms with E-state index in [9.17, 15) is 0 Å². The second-order valence-corrected chi connectivity index (χ2v) is 22.6. The minimum atomic E-state index is -2.66. The third-order valence-corrected chi connectivity index (χ3v) is 14.2. The lowest BCUT2D eigenvalue weighted by Crippen LogP contribution is -2.31. The largest absolute Gasteiger partial charge is 0.458 e. The first kappa shape index (κ1) is 38.6. The van der Waals surface area contributed by atoms with E-state index >= 15 is 0 Å². The molecule has 8 aromatic carbocycles. The van der Waals surface area contributed by atoms with Crippen LogP contribution in [0.25, 0.3) is 83.4 Å². The third kappa shape index (κ3) is 8.89. The summed E-state index contributed by atoms with van der Waals surface area (Å²) < 4.78 is 91.4. The lowest BCUT2D eigenvalue weighted by Gasteiger charge is -2.23. The van der Waals surface area contributed by atoms with Gasteiger partial charge in [0, 0.05) is 35.4 Å².